The lowest BCUT2D eigenvalue weighted by Crippen LogP contribution is -2.36. The number of pyridine rings is 1. The third kappa shape index (κ3) is 6.12. The molecule has 0 saturated carbocycles. The number of amides is 1. The molecule has 1 aliphatic heterocycles. The Morgan fingerprint density at radius 3 is 2.65 bits per heavy atom. The summed E-state index contributed by atoms with van der Waals surface area (Å²) in [5.41, 5.74) is 3.46. The molecule has 0 unspecified atom stereocenters. The Balaban J connectivity index is 1.44. The maximum Gasteiger partial charge on any atom is 0.230 e. The van der Waals surface area contributed by atoms with Gasteiger partial charge in [-0.15, -0.1) is 11.8 Å². The molecule has 0 spiro atoms. The zero-order valence-electron chi connectivity index (χ0n) is 14.9. The average molecular weight is 372 g/mol. The molecule has 1 fully saturated rings. The van der Waals surface area contributed by atoms with Gasteiger partial charge in [-0.25, -0.2) is 0 Å². The summed E-state index contributed by atoms with van der Waals surface area (Å²) >= 11 is 1.59. The standard InChI is InChI=1S/C20H25N3O2S/c24-20(16-26-15-19-7-3-4-8-21-19)22-13-17-5-1-2-6-18(17)14-23-9-11-25-12-10-23/h1-8H,9-16H2,(H,22,24). The second kappa shape index (κ2) is 10.3. The number of hydrogen-bond acceptors (Lipinski definition) is 5. The lowest BCUT2D eigenvalue weighted by atomic mass is 10.1. The molecule has 1 N–H and O–H groups in total. The van der Waals surface area contributed by atoms with Crippen molar-refractivity contribution >= 4 is 17.7 Å². The molecule has 3 rings (SSSR count). The molecule has 0 aliphatic carbocycles. The maximum atomic E-state index is 12.1. The Morgan fingerprint density at radius 1 is 1.12 bits per heavy atom. The van der Waals surface area contributed by atoms with Crippen LogP contribution in [0.2, 0.25) is 0 Å². The molecule has 2 heterocycles. The molecule has 1 aromatic carbocycles. The highest BCUT2D eigenvalue weighted by Crippen LogP contribution is 2.13. The number of carbonyl (C=O) groups excluding carboxylic acids is 1. The predicted octanol–water partition coefficient (Wildman–Crippen LogP) is 2.46. The van der Waals surface area contributed by atoms with Crippen LogP contribution in [0.15, 0.2) is 48.7 Å². The van der Waals surface area contributed by atoms with E-state index in [1.54, 1.807) is 18.0 Å². The van der Waals surface area contributed by atoms with Crippen molar-refractivity contribution in [2.24, 2.45) is 0 Å². The summed E-state index contributed by atoms with van der Waals surface area (Å²) in [7, 11) is 0. The summed E-state index contributed by atoms with van der Waals surface area (Å²) in [4.78, 5) is 18.8. The molecule has 1 amide bonds. The average Bonchev–Trinajstić information content (AvgIpc) is 2.69. The highest BCUT2D eigenvalue weighted by Gasteiger charge is 2.13. The Kier molecular flexibility index (Phi) is 7.49. The van der Waals surface area contributed by atoms with E-state index in [9.17, 15) is 4.79 Å². The van der Waals surface area contributed by atoms with Gasteiger partial charge < -0.3 is 10.1 Å². The van der Waals surface area contributed by atoms with Gasteiger partial charge in [-0.3, -0.25) is 14.7 Å². The zero-order chi connectivity index (χ0) is 18.0. The van der Waals surface area contributed by atoms with Crippen molar-refractivity contribution in [3.05, 3.63) is 65.5 Å². The molecule has 0 radical (unpaired) electrons. The summed E-state index contributed by atoms with van der Waals surface area (Å²) in [6.07, 6.45) is 1.78. The first-order chi connectivity index (χ1) is 12.8. The number of morpholine rings is 1. The van der Waals surface area contributed by atoms with E-state index in [1.165, 1.54) is 11.1 Å². The second-order valence-corrected chi connectivity index (χ2v) is 7.23. The van der Waals surface area contributed by atoms with Gasteiger partial charge >= 0.3 is 0 Å². The molecular weight excluding hydrogens is 346 g/mol. The molecule has 2 aromatic rings. The summed E-state index contributed by atoms with van der Waals surface area (Å²) in [5.74, 6) is 1.26. The summed E-state index contributed by atoms with van der Waals surface area (Å²) in [5, 5.41) is 3.04. The van der Waals surface area contributed by atoms with E-state index < -0.39 is 0 Å². The molecular formula is C20H25N3O2S. The monoisotopic (exact) mass is 371 g/mol. The van der Waals surface area contributed by atoms with Crippen molar-refractivity contribution in [2.75, 3.05) is 32.1 Å². The molecule has 1 aromatic heterocycles. The molecule has 0 bridgehead atoms. The SMILES string of the molecule is O=C(CSCc1ccccn1)NCc1ccccc1CN1CCOCC1. The van der Waals surface area contributed by atoms with Crippen LogP contribution in [0.3, 0.4) is 0 Å². The Morgan fingerprint density at radius 2 is 1.88 bits per heavy atom. The van der Waals surface area contributed by atoms with Gasteiger partial charge in [-0.2, -0.15) is 0 Å². The van der Waals surface area contributed by atoms with Gasteiger partial charge in [-0.1, -0.05) is 30.3 Å². The topological polar surface area (TPSA) is 54.5 Å². The van der Waals surface area contributed by atoms with Crippen LogP contribution in [-0.2, 0) is 28.4 Å². The van der Waals surface area contributed by atoms with Gasteiger partial charge in [0, 0.05) is 38.1 Å². The Hall–Kier alpha value is -1.89. The van der Waals surface area contributed by atoms with E-state index in [1.807, 2.05) is 24.3 Å². The fourth-order valence-corrected chi connectivity index (χ4v) is 3.63. The van der Waals surface area contributed by atoms with Crippen molar-refractivity contribution < 1.29 is 9.53 Å². The molecule has 1 aliphatic rings. The molecule has 6 heteroatoms. The van der Waals surface area contributed by atoms with Gasteiger partial charge in [0.15, 0.2) is 0 Å². The molecule has 0 atom stereocenters. The smallest absolute Gasteiger partial charge is 0.230 e. The first-order valence-electron chi connectivity index (χ1n) is 8.92. The van der Waals surface area contributed by atoms with Crippen molar-refractivity contribution in [1.29, 1.82) is 0 Å². The predicted molar refractivity (Wildman–Crippen MR) is 105 cm³/mol. The van der Waals surface area contributed by atoms with Gasteiger partial charge in [0.1, 0.15) is 0 Å². The maximum absolute atomic E-state index is 12.1. The van der Waals surface area contributed by atoms with Crippen LogP contribution >= 0.6 is 11.8 Å². The molecule has 26 heavy (non-hydrogen) atoms. The van der Waals surface area contributed by atoms with E-state index in [0.29, 0.717) is 12.3 Å². The van der Waals surface area contributed by atoms with Crippen molar-refractivity contribution in [1.82, 2.24) is 15.2 Å². The second-order valence-electron chi connectivity index (χ2n) is 6.25. The fraction of sp³-hybridized carbons (Fsp3) is 0.400. The third-order valence-electron chi connectivity index (χ3n) is 4.30. The number of benzene rings is 1. The minimum absolute atomic E-state index is 0.0621. The Labute approximate surface area is 159 Å². The van der Waals surface area contributed by atoms with Crippen LogP contribution in [0, 0.1) is 0 Å². The molecule has 138 valence electrons. The number of nitrogens with zero attached hydrogens (tertiary/aromatic N) is 2. The van der Waals surface area contributed by atoms with Gasteiger partial charge in [0.25, 0.3) is 0 Å². The largest absolute Gasteiger partial charge is 0.379 e. The number of ether oxygens (including phenoxy) is 1. The zero-order valence-corrected chi connectivity index (χ0v) is 15.7. The number of nitrogens with one attached hydrogen (secondary N) is 1. The minimum atomic E-state index is 0.0621. The summed E-state index contributed by atoms with van der Waals surface area (Å²) in [6, 6.07) is 14.2. The minimum Gasteiger partial charge on any atom is -0.379 e. The number of carbonyl (C=O) groups is 1. The van der Waals surface area contributed by atoms with E-state index in [-0.39, 0.29) is 5.91 Å². The molecule has 5 nitrogen and oxygen atoms in total. The van der Waals surface area contributed by atoms with Crippen LogP contribution in [0.1, 0.15) is 16.8 Å². The highest BCUT2D eigenvalue weighted by atomic mass is 32.2. The number of aromatic nitrogens is 1. The lowest BCUT2D eigenvalue weighted by Gasteiger charge is -2.27. The van der Waals surface area contributed by atoms with Crippen LogP contribution in [0.4, 0.5) is 0 Å². The number of rotatable bonds is 8. The summed E-state index contributed by atoms with van der Waals surface area (Å²) in [6.45, 7) is 5.00. The van der Waals surface area contributed by atoms with Crippen LogP contribution < -0.4 is 5.32 Å². The first kappa shape index (κ1) is 18.9. The van der Waals surface area contributed by atoms with Crippen molar-refractivity contribution in [3.8, 4) is 0 Å². The van der Waals surface area contributed by atoms with E-state index >= 15 is 0 Å². The van der Waals surface area contributed by atoms with Crippen molar-refractivity contribution in [3.63, 3.8) is 0 Å². The van der Waals surface area contributed by atoms with E-state index in [2.05, 4.69) is 33.4 Å². The van der Waals surface area contributed by atoms with Gasteiger partial charge in [0.2, 0.25) is 5.91 Å². The van der Waals surface area contributed by atoms with Gasteiger partial charge in [-0.05, 0) is 23.3 Å². The normalized spacial score (nSPS) is 14.9. The quantitative estimate of drug-likeness (QED) is 0.773. The number of hydrogen-bond donors (Lipinski definition) is 1. The lowest BCUT2D eigenvalue weighted by molar-refractivity contribution is -0.118. The first-order valence-corrected chi connectivity index (χ1v) is 10.1. The Bertz CT molecular complexity index is 690. The fourth-order valence-electron chi connectivity index (χ4n) is 2.86. The van der Waals surface area contributed by atoms with Crippen LogP contribution in [-0.4, -0.2) is 47.8 Å². The van der Waals surface area contributed by atoms with Gasteiger partial charge in [0.05, 0.1) is 24.7 Å². The third-order valence-corrected chi connectivity index (χ3v) is 5.27. The van der Waals surface area contributed by atoms with Crippen LogP contribution in [0.5, 0.6) is 0 Å². The van der Waals surface area contributed by atoms with E-state index in [4.69, 9.17) is 4.74 Å². The number of thioether (sulfide) groups is 1. The van der Waals surface area contributed by atoms with Crippen molar-refractivity contribution in [2.45, 2.75) is 18.8 Å². The van der Waals surface area contributed by atoms with Crippen LogP contribution in [0.25, 0.3) is 0 Å². The summed E-state index contributed by atoms with van der Waals surface area (Å²) < 4.78 is 5.41. The van der Waals surface area contributed by atoms with E-state index in [0.717, 1.165) is 44.3 Å². The molecule has 1 saturated heterocycles. The highest BCUT2D eigenvalue weighted by molar-refractivity contribution is 7.99.